The number of fused-ring (bicyclic) bond motifs is 1. The highest BCUT2D eigenvalue weighted by molar-refractivity contribution is 7.13. The Morgan fingerprint density at radius 2 is 1.89 bits per heavy atom. The summed E-state index contributed by atoms with van der Waals surface area (Å²) in [6.07, 6.45) is -1.03. The van der Waals surface area contributed by atoms with E-state index in [4.69, 9.17) is 14.2 Å². The van der Waals surface area contributed by atoms with Crippen LogP contribution in [0.1, 0.15) is 21.5 Å². The van der Waals surface area contributed by atoms with Crippen molar-refractivity contribution in [2.45, 2.75) is 20.0 Å². The van der Waals surface area contributed by atoms with Crippen molar-refractivity contribution in [2.24, 2.45) is 0 Å². The van der Waals surface area contributed by atoms with E-state index < -0.39 is 18.0 Å². The molecule has 28 heavy (non-hydrogen) atoms. The number of thiophene rings is 1. The van der Waals surface area contributed by atoms with Crippen LogP contribution in [-0.4, -0.2) is 43.6 Å². The van der Waals surface area contributed by atoms with Gasteiger partial charge in [-0.15, -0.1) is 11.3 Å². The molecule has 8 nitrogen and oxygen atoms in total. The van der Waals surface area contributed by atoms with Crippen LogP contribution in [0.5, 0.6) is 11.5 Å². The Labute approximate surface area is 165 Å². The number of hydrogen-bond acceptors (Lipinski definition) is 7. The third-order valence-corrected chi connectivity index (χ3v) is 4.84. The van der Waals surface area contributed by atoms with E-state index in [0.717, 1.165) is 4.88 Å². The van der Waals surface area contributed by atoms with E-state index >= 15 is 0 Å². The van der Waals surface area contributed by atoms with Crippen LogP contribution in [0.2, 0.25) is 0 Å². The first kappa shape index (κ1) is 19.7. The molecule has 1 unspecified atom stereocenters. The molecule has 0 aliphatic carbocycles. The number of hydrogen-bond donors (Lipinski definition) is 2. The lowest BCUT2D eigenvalue weighted by Crippen LogP contribution is -2.35. The van der Waals surface area contributed by atoms with Crippen molar-refractivity contribution in [3.63, 3.8) is 0 Å². The Bertz CT molecular complexity index is 894. The van der Waals surface area contributed by atoms with Crippen LogP contribution in [0.15, 0.2) is 30.3 Å². The van der Waals surface area contributed by atoms with Crippen LogP contribution in [0.3, 0.4) is 0 Å². The van der Waals surface area contributed by atoms with Crippen LogP contribution in [0.25, 0.3) is 0 Å². The number of nitrogens with one attached hydrogen (secondary N) is 2. The smallest absolute Gasteiger partial charge is 0.326 e. The number of aryl methyl sites for hydroxylation is 1. The van der Waals surface area contributed by atoms with Gasteiger partial charge in [0.25, 0.3) is 11.8 Å². The van der Waals surface area contributed by atoms with Gasteiger partial charge in [0.1, 0.15) is 19.8 Å². The average Bonchev–Trinajstić information content (AvgIpc) is 3.12. The van der Waals surface area contributed by atoms with E-state index in [9.17, 15) is 14.4 Å². The van der Waals surface area contributed by atoms with Crippen LogP contribution in [0, 0.1) is 6.92 Å². The molecular formula is C19H20N2O6S. The molecule has 3 rings (SSSR count). The van der Waals surface area contributed by atoms with Crippen LogP contribution in [-0.2, 0) is 14.3 Å². The van der Waals surface area contributed by atoms with Gasteiger partial charge in [-0.2, -0.15) is 0 Å². The van der Waals surface area contributed by atoms with Gasteiger partial charge in [-0.25, -0.2) is 0 Å². The molecule has 1 aliphatic rings. The fourth-order valence-corrected chi connectivity index (χ4v) is 3.24. The number of rotatable bonds is 6. The van der Waals surface area contributed by atoms with Gasteiger partial charge in [0.2, 0.25) is 0 Å². The molecule has 2 N–H and O–H groups in total. The summed E-state index contributed by atoms with van der Waals surface area (Å²) in [5.41, 5.74) is 0.499. The zero-order valence-electron chi connectivity index (χ0n) is 15.4. The van der Waals surface area contributed by atoms with Gasteiger partial charge in [-0.05, 0) is 38.1 Å². The van der Waals surface area contributed by atoms with Gasteiger partial charge in [0, 0.05) is 16.6 Å². The number of esters is 1. The number of carbonyl (C=O) groups excluding carboxylic acids is 3. The summed E-state index contributed by atoms with van der Waals surface area (Å²) in [7, 11) is 0. The van der Waals surface area contributed by atoms with E-state index in [-0.39, 0.29) is 12.5 Å². The van der Waals surface area contributed by atoms with Crippen molar-refractivity contribution < 1.29 is 28.6 Å². The summed E-state index contributed by atoms with van der Waals surface area (Å²) in [6.45, 7) is 3.94. The predicted octanol–water partition coefficient (Wildman–Crippen LogP) is 2.13. The maximum Gasteiger partial charge on any atom is 0.326 e. The number of anilines is 1. The van der Waals surface area contributed by atoms with E-state index in [0.29, 0.717) is 35.3 Å². The molecule has 1 aromatic heterocycles. The molecule has 0 spiro atoms. The Kier molecular flexibility index (Phi) is 6.15. The van der Waals surface area contributed by atoms with Crippen molar-refractivity contribution in [1.29, 1.82) is 0 Å². The summed E-state index contributed by atoms with van der Waals surface area (Å²) in [5, 5.41) is 5.13. The van der Waals surface area contributed by atoms with E-state index in [1.165, 1.54) is 18.3 Å². The minimum Gasteiger partial charge on any atom is -0.486 e. The second-order valence-electron chi connectivity index (χ2n) is 6.07. The minimum absolute atomic E-state index is 0.322. The monoisotopic (exact) mass is 404 g/mol. The number of ether oxygens (including phenoxy) is 3. The standard InChI is InChI=1S/C19H20N2O6S/c1-11-3-6-16(28-11)19(24)20-10-17(22)27-12(2)18(23)21-13-4-5-14-15(9-13)26-8-7-25-14/h3-6,9,12H,7-8,10H2,1-2H3,(H,20,24)(H,21,23). The third-order valence-electron chi connectivity index (χ3n) is 3.84. The van der Waals surface area contributed by atoms with Crippen LogP contribution >= 0.6 is 11.3 Å². The lowest BCUT2D eigenvalue weighted by molar-refractivity contribution is -0.152. The quantitative estimate of drug-likeness (QED) is 0.715. The van der Waals surface area contributed by atoms with Gasteiger partial charge in [0.15, 0.2) is 17.6 Å². The zero-order chi connectivity index (χ0) is 20.1. The van der Waals surface area contributed by atoms with Gasteiger partial charge >= 0.3 is 5.97 Å². The molecule has 1 aliphatic heterocycles. The fraction of sp³-hybridized carbons (Fsp3) is 0.316. The van der Waals surface area contributed by atoms with Crippen molar-refractivity contribution >= 4 is 34.8 Å². The SMILES string of the molecule is Cc1ccc(C(=O)NCC(=O)OC(C)C(=O)Nc2ccc3c(c2)OCCO3)s1. The van der Waals surface area contributed by atoms with Crippen molar-refractivity contribution in [3.8, 4) is 11.5 Å². The van der Waals surface area contributed by atoms with Gasteiger partial charge in [-0.3, -0.25) is 14.4 Å². The average molecular weight is 404 g/mol. The summed E-state index contributed by atoms with van der Waals surface area (Å²) in [6, 6.07) is 8.52. The van der Waals surface area contributed by atoms with Crippen LogP contribution < -0.4 is 20.1 Å². The van der Waals surface area contributed by atoms with Crippen molar-refractivity contribution in [2.75, 3.05) is 25.1 Å². The maximum absolute atomic E-state index is 12.2. The minimum atomic E-state index is -1.03. The molecule has 0 saturated heterocycles. The summed E-state index contributed by atoms with van der Waals surface area (Å²) in [4.78, 5) is 37.6. The Hall–Kier alpha value is -3.07. The van der Waals surface area contributed by atoms with Crippen LogP contribution in [0.4, 0.5) is 5.69 Å². The lowest BCUT2D eigenvalue weighted by Gasteiger charge is -2.19. The normalized spacial score (nSPS) is 13.4. The molecule has 9 heteroatoms. The third kappa shape index (κ3) is 5.01. The lowest BCUT2D eigenvalue weighted by atomic mass is 10.2. The zero-order valence-corrected chi connectivity index (χ0v) is 16.3. The molecule has 0 bridgehead atoms. The van der Waals surface area contributed by atoms with Crippen molar-refractivity contribution in [1.82, 2.24) is 5.32 Å². The fourth-order valence-electron chi connectivity index (χ4n) is 2.45. The van der Waals surface area contributed by atoms with E-state index in [2.05, 4.69) is 10.6 Å². The Morgan fingerprint density at radius 3 is 2.61 bits per heavy atom. The highest BCUT2D eigenvalue weighted by atomic mass is 32.1. The maximum atomic E-state index is 12.2. The Balaban J connectivity index is 1.47. The molecule has 1 atom stereocenters. The van der Waals surface area contributed by atoms with Gasteiger partial charge in [-0.1, -0.05) is 0 Å². The number of amides is 2. The summed E-state index contributed by atoms with van der Waals surface area (Å²) in [5.74, 6) is -0.402. The van der Waals surface area contributed by atoms with Gasteiger partial charge < -0.3 is 24.8 Å². The summed E-state index contributed by atoms with van der Waals surface area (Å²) < 4.78 is 16.0. The molecule has 2 aromatic rings. The Morgan fingerprint density at radius 1 is 1.14 bits per heavy atom. The first-order valence-corrected chi connectivity index (χ1v) is 9.48. The molecule has 2 amide bonds. The second kappa shape index (κ2) is 8.75. The first-order chi connectivity index (χ1) is 13.4. The molecule has 0 radical (unpaired) electrons. The second-order valence-corrected chi connectivity index (χ2v) is 7.36. The highest BCUT2D eigenvalue weighted by Crippen LogP contribution is 2.32. The van der Waals surface area contributed by atoms with Gasteiger partial charge in [0.05, 0.1) is 4.88 Å². The molecular weight excluding hydrogens is 384 g/mol. The molecule has 1 aromatic carbocycles. The molecule has 2 heterocycles. The van der Waals surface area contributed by atoms with E-state index in [1.54, 1.807) is 24.3 Å². The highest BCUT2D eigenvalue weighted by Gasteiger charge is 2.20. The molecule has 148 valence electrons. The number of benzene rings is 1. The number of carbonyl (C=O) groups is 3. The first-order valence-electron chi connectivity index (χ1n) is 8.67. The summed E-state index contributed by atoms with van der Waals surface area (Å²) >= 11 is 1.33. The van der Waals surface area contributed by atoms with E-state index in [1.807, 2.05) is 13.0 Å². The molecule has 0 saturated carbocycles. The topological polar surface area (TPSA) is 103 Å². The largest absolute Gasteiger partial charge is 0.486 e. The van der Waals surface area contributed by atoms with Crippen molar-refractivity contribution in [3.05, 3.63) is 40.1 Å². The molecule has 0 fully saturated rings. The predicted molar refractivity (Wildman–Crippen MR) is 103 cm³/mol.